The Morgan fingerprint density at radius 2 is 2.11 bits per heavy atom. The quantitative estimate of drug-likeness (QED) is 0.329. The van der Waals surface area contributed by atoms with Gasteiger partial charge in [-0.3, -0.25) is 9.36 Å². The van der Waals surface area contributed by atoms with Gasteiger partial charge in [-0.25, -0.2) is 15.0 Å². The van der Waals surface area contributed by atoms with E-state index in [0.717, 1.165) is 0 Å². The average molecular weight is 399 g/mol. The summed E-state index contributed by atoms with van der Waals surface area (Å²) in [6.07, 6.45) is 1.31. The van der Waals surface area contributed by atoms with E-state index < -0.39 is 36.6 Å². The first kappa shape index (κ1) is 19.8. The summed E-state index contributed by atoms with van der Waals surface area (Å²) in [6.45, 7) is 0. The predicted octanol–water partition coefficient (Wildman–Crippen LogP) is -1.92. The Morgan fingerprint density at radius 1 is 1.37 bits per heavy atom. The van der Waals surface area contributed by atoms with Gasteiger partial charge in [0.05, 0.1) is 12.6 Å². The van der Waals surface area contributed by atoms with Crippen LogP contribution in [0.15, 0.2) is 12.7 Å². The zero-order valence-corrected chi connectivity index (χ0v) is 15.5. The molecule has 2 aromatic heterocycles. The van der Waals surface area contributed by atoms with Crippen LogP contribution < -0.4 is 11.5 Å². The maximum atomic E-state index is 10.8. The molecule has 11 nitrogen and oxygen atoms in total. The number of carboxylic acid groups (broad SMARTS) is 1. The van der Waals surface area contributed by atoms with Crippen molar-refractivity contribution in [3.05, 3.63) is 12.7 Å². The van der Waals surface area contributed by atoms with Crippen LogP contribution in [0.25, 0.3) is 11.2 Å². The molecule has 0 aliphatic carbocycles. The number of nitrogens with zero attached hydrogens (tertiary/aromatic N) is 4. The molecule has 0 aromatic carbocycles. The number of anilines is 1. The van der Waals surface area contributed by atoms with Gasteiger partial charge in [-0.15, -0.1) is 0 Å². The number of nitrogen functional groups attached to an aromatic ring is 1. The fraction of sp³-hybridized carbons (Fsp3) is 0.600. The smallest absolute Gasteiger partial charge is 0.320 e. The van der Waals surface area contributed by atoms with Gasteiger partial charge in [-0.2, -0.15) is 0 Å². The highest BCUT2D eigenvalue weighted by Crippen LogP contribution is 2.32. The molecule has 2 unspecified atom stereocenters. The first-order valence-corrected chi connectivity index (χ1v) is 10.3. The number of hydrogen-bond acceptors (Lipinski definition) is 9. The van der Waals surface area contributed by atoms with Crippen molar-refractivity contribution in [1.29, 1.82) is 0 Å². The normalized spacial score (nSPS) is 27.7. The van der Waals surface area contributed by atoms with E-state index in [4.69, 9.17) is 21.3 Å². The first-order valence-electron chi connectivity index (χ1n) is 8.31. The van der Waals surface area contributed by atoms with Crippen LogP contribution in [0.1, 0.15) is 12.6 Å². The third kappa shape index (κ3) is 3.99. The minimum atomic E-state index is -1.16. The standard InChI is InChI=1S/C15H22N6O5S/c1-27(3-2-7(16)15(24)25)4-8-10(22)11(23)14(26-8)21-6-20-9-12(17)18-5-19-13(9)21/h5-8,10-11,14,22-23H,2-4,16H2,1H3,(H2-,17,18,19,24,25)/p+1/t7?,8-,10+,11+,14-,27?/m1/s1. The van der Waals surface area contributed by atoms with Crippen LogP contribution in [0, 0.1) is 0 Å². The Labute approximate surface area is 157 Å². The number of imidazole rings is 1. The molecule has 7 N–H and O–H groups in total. The number of ether oxygens (including phenoxy) is 1. The lowest BCUT2D eigenvalue weighted by Crippen LogP contribution is -2.37. The zero-order valence-electron chi connectivity index (χ0n) is 14.7. The molecule has 0 spiro atoms. The highest BCUT2D eigenvalue weighted by atomic mass is 32.2. The molecule has 148 valence electrons. The summed E-state index contributed by atoms with van der Waals surface area (Å²) >= 11 is 0. The van der Waals surface area contributed by atoms with Crippen molar-refractivity contribution in [3.63, 3.8) is 0 Å². The number of nitrogens with two attached hydrogens (primary N) is 2. The van der Waals surface area contributed by atoms with Crippen molar-refractivity contribution >= 4 is 33.8 Å². The summed E-state index contributed by atoms with van der Waals surface area (Å²) in [5.41, 5.74) is 12.1. The second-order valence-electron chi connectivity index (χ2n) is 6.51. The molecule has 1 saturated heterocycles. The number of carbonyl (C=O) groups is 1. The monoisotopic (exact) mass is 399 g/mol. The van der Waals surface area contributed by atoms with E-state index in [9.17, 15) is 15.0 Å². The van der Waals surface area contributed by atoms with Gasteiger partial charge in [-0.1, -0.05) is 0 Å². The number of fused-ring (bicyclic) bond motifs is 1. The van der Waals surface area contributed by atoms with E-state index in [2.05, 4.69) is 15.0 Å². The SMILES string of the molecule is C[S+](CCC(N)C(=O)O)C[C@H]1O[C@@H](n2cnc3c(N)ncnc32)[C@@H](O)[C@H]1O. The van der Waals surface area contributed by atoms with E-state index >= 15 is 0 Å². The van der Waals surface area contributed by atoms with Gasteiger partial charge < -0.3 is 31.5 Å². The fourth-order valence-electron chi connectivity index (χ4n) is 2.97. The molecule has 0 amide bonds. The molecule has 3 heterocycles. The second kappa shape index (κ2) is 7.94. The van der Waals surface area contributed by atoms with Gasteiger partial charge in [0.1, 0.15) is 47.7 Å². The Kier molecular flexibility index (Phi) is 5.81. The Balaban J connectivity index is 1.68. The molecule has 12 heteroatoms. The van der Waals surface area contributed by atoms with Crippen LogP contribution in [0.4, 0.5) is 5.82 Å². The van der Waals surface area contributed by atoms with Crippen molar-refractivity contribution < 1.29 is 24.9 Å². The molecule has 1 aliphatic rings. The molecule has 0 radical (unpaired) electrons. The largest absolute Gasteiger partial charge is 0.480 e. The summed E-state index contributed by atoms with van der Waals surface area (Å²) in [7, 11) is -0.235. The van der Waals surface area contributed by atoms with Gasteiger partial charge in [0.15, 0.2) is 17.7 Å². The summed E-state index contributed by atoms with van der Waals surface area (Å²) in [5.74, 6) is 0.254. The highest BCUT2D eigenvalue weighted by Gasteiger charge is 2.46. The Morgan fingerprint density at radius 3 is 2.81 bits per heavy atom. The van der Waals surface area contributed by atoms with Crippen LogP contribution in [0.5, 0.6) is 0 Å². The van der Waals surface area contributed by atoms with E-state index in [-0.39, 0.29) is 16.7 Å². The third-order valence-electron chi connectivity index (χ3n) is 4.54. The Hall–Kier alpha value is -1.99. The number of aliphatic carboxylic acids is 1. The molecule has 6 atom stereocenters. The topological polar surface area (TPSA) is 183 Å². The summed E-state index contributed by atoms with van der Waals surface area (Å²) in [6, 6.07) is -0.907. The van der Waals surface area contributed by atoms with Crippen LogP contribution in [-0.2, 0) is 20.4 Å². The molecular weight excluding hydrogens is 376 g/mol. The summed E-state index contributed by atoms with van der Waals surface area (Å²) in [5, 5.41) is 29.7. The van der Waals surface area contributed by atoms with Gasteiger partial charge in [-0.05, 0) is 10.9 Å². The zero-order chi connectivity index (χ0) is 19.7. The molecule has 0 saturated carbocycles. The van der Waals surface area contributed by atoms with Gasteiger partial charge >= 0.3 is 5.97 Å². The van der Waals surface area contributed by atoms with Crippen LogP contribution >= 0.6 is 0 Å². The number of hydrogen-bond donors (Lipinski definition) is 5. The summed E-state index contributed by atoms with van der Waals surface area (Å²) < 4.78 is 7.41. The minimum Gasteiger partial charge on any atom is -0.480 e. The van der Waals surface area contributed by atoms with Crippen molar-refractivity contribution in [2.75, 3.05) is 23.5 Å². The number of aromatic nitrogens is 4. The van der Waals surface area contributed by atoms with Crippen LogP contribution in [0.2, 0.25) is 0 Å². The average Bonchev–Trinajstić information content (AvgIpc) is 3.17. The molecule has 27 heavy (non-hydrogen) atoms. The molecule has 1 fully saturated rings. The number of carboxylic acids is 1. The molecular formula is C15H23N6O5S+. The van der Waals surface area contributed by atoms with Gasteiger partial charge in [0, 0.05) is 6.42 Å². The molecule has 1 aliphatic heterocycles. The lowest BCUT2D eigenvalue weighted by atomic mass is 10.1. The molecule has 0 bridgehead atoms. The van der Waals surface area contributed by atoms with Crippen molar-refractivity contribution in [2.24, 2.45) is 5.73 Å². The van der Waals surface area contributed by atoms with E-state index in [1.807, 2.05) is 6.26 Å². The minimum absolute atomic E-state index is 0.216. The van der Waals surface area contributed by atoms with Crippen LogP contribution in [-0.4, -0.2) is 82.9 Å². The number of aliphatic hydroxyl groups excluding tert-OH is 2. The first-order chi connectivity index (χ1) is 12.8. The van der Waals surface area contributed by atoms with Crippen LogP contribution in [0.3, 0.4) is 0 Å². The van der Waals surface area contributed by atoms with Crippen molar-refractivity contribution in [1.82, 2.24) is 19.5 Å². The van der Waals surface area contributed by atoms with Gasteiger partial charge in [0.2, 0.25) is 0 Å². The maximum absolute atomic E-state index is 10.8. The van der Waals surface area contributed by atoms with E-state index in [1.54, 1.807) is 0 Å². The highest BCUT2D eigenvalue weighted by molar-refractivity contribution is 7.96. The fourth-order valence-corrected chi connectivity index (χ4v) is 4.63. The second-order valence-corrected chi connectivity index (χ2v) is 8.82. The Bertz CT molecular complexity index is 819. The van der Waals surface area contributed by atoms with Crippen molar-refractivity contribution in [3.8, 4) is 0 Å². The molecule has 2 aromatic rings. The summed E-state index contributed by atoms with van der Waals surface area (Å²) in [4.78, 5) is 23.0. The van der Waals surface area contributed by atoms with Crippen molar-refractivity contribution in [2.45, 2.75) is 37.0 Å². The molecule has 3 rings (SSSR count). The predicted molar refractivity (Wildman–Crippen MR) is 98.9 cm³/mol. The lowest BCUT2D eigenvalue weighted by molar-refractivity contribution is -0.138. The maximum Gasteiger partial charge on any atom is 0.320 e. The van der Waals surface area contributed by atoms with E-state index in [0.29, 0.717) is 29.1 Å². The van der Waals surface area contributed by atoms with E-state index in [1.165, 1.54) is 17.2 Å². The number of rotatable bonds is 7. The lowest BCUT2D eigenvalue weighted by Gasteiger charge is -2.16. The number of aliphatic hydroxyl groups is 2. The van der Waals surface area contributed by atoms with Gasteiger partial charge in [0.25, 0.3) is 0 Å². The third-order valence-corrected chi connectivity index (χ3v) is 6.37.